The molecular formula is C21H23ClN4O. The van der Waals surface area contributed by atoms with Crippen molar-refractivity contribution in [2.45, 2.75) is 32.7 Å². The maximum absolute atomic E-state index is 12.2. The first-order valence-electron chi connectivity index (χ1n) is 8.72. The lowest BCUT2D eigenvalue weighted by Gasteiger charge is -2.19. The maximum Gasteiger partial charge on any atom is 0.283 e. The summed E-state index contributed by atoms with van der Waals surface area (Å²) in [5.74, 6) is 4.96. The summed E-state index contributed by atoms with van der Waals surface area (Å²) < 4.78 is 1.66. The highest BCUT2D eigenvalue weighted by Crippen LogP contribution is 2.24. The molecule has 0 spiro atoms. The molecule has 0 bridgehead atoms. The summed E-state index contributed by atoms with van der Waals surface area (Å²) >= 11 is 5.95. The monoisotopic (exact) mass is 382 g/mol. The molecule has 1 heterocycles. The second kappa shape index (κ2) is 7.55. The summed E-state index contributed by atoms with van der Waals surface area (Å²) in [6, 6.07) is 17.4. The van der Waals surface area contributed by atoms with Crippen LogP contribution in [0.5, 0.6) is 0 Å². The average Bonchev–Trinajstić information content (AvgIpc) is 3.05. The molecule has 6 heteroatoms. The molecule has 0 radical (unpaired) electrons. The number of nitrogens with zero attached hydrogens (tertiary/aromatic N) is 2. The fourth-order valence-corrected chi connectivity index (χ4v) is 2.96. The summed E-state index contributed by atoms with van der Waals surface area (Å²) in [6.45, 7) is 7.01. The summed E-state index contributed by atoms with van der Waals surface area (Å²) in [5.41, 5.74) is 6.57. The molecule has 0 saturated carbocycles. The van der Waals surface area contributed by atoms with Gasteiger partial charge >= 0.3 is 0 Å². The van der Waals surface area contributed by atoms with Crippen LogP contribution in [0.2, 0.25) is 5.02 Å². The van der Waals surface area contributed by atoms with E-state index in [1.165, 1.54) is 5.56 Å². The highest BCUT2D eigenvalue weighted by molar-refractivity contribution is 6.30. The molecule has 1 amide bonds. The zero-order chi connectivity index (χ0) is 19.6. The van der Waals surface area contributed by atoms with Crippen molar-refractivity contribution in [2.75, 3.05) is 0 Å². The minimum absolute atomic E-state index is 0.0938. The minimum Gasteiger partial charge on any atom is -0.289 e. The number of halogens is 1. The highest BCUT2D eigenvalue weighted by Gasteiger charge is 2.17. The number of carbonyl (C=O) groups is 1. The van der Waals surface area contributed by atoms with E-state index in [1.54, 1.807) is 22.9 Å². The number of hydrogen-bond acceptors (Lipinski definition) is 3. The molecule has 3 rings (SSSR count). The van der Waals surface area contributed by atoms with Crippen LogP contribution >= 0.6 is 11.6 Å². The number of nitrogen functional groups attached to an aromatic ring is 1. The van der Waals surface area contributed by atoms with Gasteiger partial charge in [-0.25, -0.2) is 5.84 Å². The molecular weight excluding hydrogens is 360 g/mol. The Bertz CT molecular complexity index is 938. The quantitative estimate of drug-likeness (QED) is 0.404. The zero-order valence-electron chi connectivity index (χ0n) is 15.7. The first kappa shape index (κ1) is 19.1. The van der Waals surface area contributed by atoms with Crippen molar-refractivity contribution in [1.29, 1.82) is 0 Å². The molecule has 0 aliphatic carbocycles. The molecule has 0 unspecified atom stereocenters. The van der Waals surface area contributed by atoms with Crippen molar-refractivity contribution < 1.29 is 4.79 Å². The Hall–Kier alpha value is -2.63. The van der Waals surface area contributed by atoms with Gasteiger partial charge in [-0.05, 0) is 34.7 Å². The highest BCUT2D eigenvalue weighted by atomic mass is 35.5. The third-order valence-corrected chi connectivity index (χ3v) is 4.69. The first-order valence-corrected chi connectivity index (χ1v) is 9.10. The Morgan fingerprint density at radius 3 is 2.30 bits per heavy atom. The largest absolute Gasteiger partial charge is 0.289 e. The normalized spacial score (nSPS) is 11.4. The van der Waals surface area contributed by atoms with E-state index in [4.69, 9.17) is 17.4 Å². The standard InChI is InChI=1S/C21H23ClN4O/c1-21(2,3)16-8-4-14(5-9-16)13-26-19(20(27)24-23)12-18(25-26)15-6-10-17(22)11-7-15/h4-12H,13,23H2,1-3H3,(H,24,27). The van der Waals surface area contributed by atoms with Crippen LogP contribution in [-0.2, 0) is 12.0 Å². The molecule has 0 aliphatic rings. The van der Waals surface area contributed by atoms with Crippen molar-refractivity contribution >= 4 is 17.5 Å². The Labute approximate surface area is 164 Å². The van der Waals surface area contributed by atoms with Crippen molar-refractivity contribution in [2.24, 2.45) is 5.84 Å². The Morgan fingerprint density at radius 2 is 1.74 bits per heavy atom. The molecule has 3 N–H and O–H groups in total. The van der Waals surface area contributed by atoms with E-state index in [9.17, 15) is 4.79 Å². The van der Waals surface area contributed by atoms with Crippen molar-refractivity contribution in [3.05, 3.63) is 76.4 Å². The number of carbonyl (C=O) groups excluding carboxylic acids is 1. The van der Waals surface area contributed by atoms with Crippen molar-refractivity contribution in [1.82, 2.24) is 15.2 Å². The predicted molar refractivity (Wildman–Crippen MR) is 109 cm³/mol. The van der Waals surface area contributed by atoms with E-state index in [1.807, 2.05) is 12.1 Å². The molecule has 140 valence electrons. The third-order valence-electron chi connectivity index (χ3n) is 4.44. The van der Waals surface area contributed by atoms with E-state index in [2.05, 4.69) is 55.6 Å². The van der Waals surface area contributed by atoms with Crippen LogP contribution in [0.1, 0.15) is 42.4 Å². The van der Waals surface area contributed by atoms with Crippen LogP contribution in [0.25, 0.3) is 11.3 Å². The summed E-state index contributed by atoms with van der Waals surface area (Å²) in [6.07, 6.45) is 0. The number of nitrogens with two attached hydrogens (primary N) is 1. The zero-order valence-corrected chi connectivity index (χ0v) is 16.4. The van der Waals surface area contributed by atoms with Gasteiger partial charge in [0.2, 0.25) is 0 Å². The first-order chi connectivity index (χ1) is 12.8. The molecule has 0 aliphatic heterocycles. The molecule has 27 heavy (non-hydrogen) atoms. The number of benzene rings is 2. The fourth-order valence-electron chi connectivity index (χ4n) is 2.84. The lowest BCUT2D eigenvalue weighted by Crippen LogP contribution is -2.32. The summed E-state index contributed by atoms with van der Waals surface area (Å²) in [7, 11) is 0. The lowest BCUT2D eigenvalue weighted by atomic mass is 9.87. The van der Waals surface area contributed by atoms with E-state index in [0.717, 1.165) is 11.1 Å². The molecule has 0 saturated heterocycles. The van der Waals surface area contributed by atoms with Crippen LogP contribution in [0.3, 0.4) is 0 Å². The molecule has 0 fully saturated rings. The van der Waals surface area contributed by atoms with Gasteiger partial charge in [0.05, 0.1) is 12.2 Å². The van der Waals surface area contributed by atoms with E-state index >= 15 is 0 Å². The SMILES string of the molecule is CC(C)(C)c1ccc(Cn2nc(-c3ccc(Cl)cc3)cc2C(=O)NN)cc1. The number of amides is 1. The second-order valence-corrected chi connectivity index (χ2v) is 7.94. The van der Waals surface area contributed by atoms with Crippen LogP contribution < -0.4 is 11.3 Å². The number of rotatable bonds is 4. The maximum atomic E-state index is 12.2. The van der Waals surface area contributed by atoms with Gasteiger partial charge in [-0.2, -0.15) is 5.10 Å². The average molecular weight is 383 g/mol. The number of hydrazine groups is 1. The van der Waals surface area contributed by atoms with Gasteiger partial charge in [0.1, 0.15) is 5.69 Å². The molecule has 3 aromatic rings. The topological polar surface area (TPSA) is 72.9 Å². The van der Waals surface area contributed by atoms with Crippen molar-refractivity contribution in [3.63, 3.8) is 0 Å². The number of aromatic nitrogens is 2. The molecule has 1 aromatic heterocycles. The minimum atomic E-state index is -0.381. The van der Waals surface area contributed by atoms with Crippen LogP contribution in [0.4, 0.5) is 0 Å². The van der Waals surface area contributed by atoms with E-state index < -0.39 is 0 Å². The summed E-state index contributed by atoms with van der Waals surface area (Å²) in [4.78, 5) is 12.2. The Balaban J connectivity index is 1.94. The molecule has 5 nitrogen and oxygen atoms in total. The second-order valence-electron chi connectivity index (χ2n) is 7.50. The van der Waals surface area contributed by atoms with E-state index in [0.29, 0.717) is 23.0 Å². The predicted octanol–water partition coefficient (Wildman–Crippen LogP) is 4.15. The number of nitrogens with one attached hydrogen (secondary N) is 1. The van der Waals surface area contributed by atoms with Gasteiger partial charge in [0.25, 0.3) is 5.91 Å². The van der Waals surface area contributed by atoms with Gasteiger partial charge in [0, 0.05) is 10.6 Å². The van der Waals surface area contributed by atoms with Crippen molar-refractivity contribution in [3.8, 4) is 11.3 Å². The fraction of sp³-hybridized carbons (Fsp3) is 0.238. The third kappa shape index (κ3) is 4.38. The molecule has 0 atom stereocenters. The van der Waals surface area contributed by atoms with Gasteiger partial charge in [0.15, 0.2) is 0 Å². The van der Waals surface area contributed by atoms with Gasteiger partial charge in [-0.15, -0.1) is 0 Å². The van der Waals surface area contributed by atoms with Gasteiger partial charge in [-0.3, -0.25) is 14.9 Å². The van der Waals surface area contributed by atoms with Gasteiger partial charge < -0.3 is 0 Å². The Morgan fingerprint density at radius 1 is 1.11 bits per heavy atom. The van der Waals surface area contributed by atoms with Crippen LogP contribution in [0, 0.1) is 0 Å². The van der Waals surface area contributed by atoms with E-state index in [-0.39, 0.29) is 11.3 Å². The van der Waals surface area contributed by atoms with Crippen LogP contribution in [0.15, 0.2) is 54.6 Å². The van der Waals surface area contributed by atoms with Crippen LogP contribution in [-0.4, -0.2) is 15.7 Å². The number of hydrogen-bond donors (Lipinski definition) is 2. The van der Waals surface area contributed by atoms with Gasteiger partial charge in [-0.1, -0.05) is 68.8 Å². The molecule has 2 aromatic carbocycles. The smallest absolute Gasteiger partial charge is 0.283 e. The summed E-state index contributed by atoms with van der Waals surface area (Å²) in [5, 5.41) is 5.25. The Kier molecular flexibility index (Phi) is 5.35. The lowest BCUT2D eigenvalue weighted by molar-refractivity contribution is 0.0943.